The minimum absolute atomic E-state index is 0.0576. The van der Waals surface area contributed by atoms with Crippen LogP contribution in [0.1, 0.15) is 49.2 Å². The van der Waals surface area contributed by atoms with Crippen molar-refractivity contribution < 1.29 is 4.79 Å². The highest BCUT2D eigenvalue weighted by Crippen LogP contribution is 2.30. The molecule has 1 aromatic rings. The molecule has 0 saturated heterocycles. The summed E-state index contributed by atoms with van der Waals surface area (Å²) in [5.41, 5.74) is 2.86. The molecule has 7 nitrogen and oxygen atoms in total. The topological polar surface area (TPSA) is 73.7 Å². The predicted octanol–water partition coefficient (Wildman–Crippen LogP) is 2.02. The van der Waals surface area contributed by atoms with Gasteiger partial charge in [0.25, 0.3) is 0 Å². The van der Waals surface area contributed by atoms with Crippen LogP contribution in [0.15, 0.2) is 11.2 Å². The molecule has 0 unspecified atom stereocenters. The molecule has 0 radical (unpaired) electrons. The Hall–Kier alpha value is -2.44. The van der Waals surface area contributed by atoms with Gasteiger partial charge in [-0.15, -0.1) is 0 Å². The van der Waals surface area contributed by atoms with Gasteiger partial charge in [-0.25, -0.2) is 9.97 Å². The highest BCUT2D eigenvalue weighted by molar-refractivity contribution is 5.81. The van der Waals surface area contributed by atoms with Gasteiger partial charge in [0.1, 0.15) is 11.5 Å². The van der Waals surface area contributed by atoms with Crippen LogP contribution in [0.4, 0.5) is 5.82 Å². The highest BCUT2D eigenvalue weighted by Gasteiger charge is 2.24. The first kappa shape index (κ1) is 19.3. The second-order valence-electron chi connectivity index (χ2n) is 7.69. The van der Waals surface area contributed by atoms with Crippen molar-refractivity contribution in [3.05, 3.63) is 23.3 Å². The maximum absolute atomic E-state index is 12.5. The van der Waals surface area contributed by atoms with Crippen molar-refractivity contribution in [3.8, 4) is 0 Å². The SMILES string of the molecule is C=N/C(=C\N(C)C)c1nc2c(c(N(C)CC(=O)NC3CCCC3)n1)CCC2. The Bertz CT molecular complexity index is 736. The Kier molecular flexibility index (Phi) is 6.08. The molecule has 0 aromatic carbocycles. The summed E-state index contributed by atoms with van der Waals surface area (Å²) >= 11 is 0. The van der Waals surface area contributed by atoms with Gasteiger partial charge >= 0.3 is 0 Å². The fourth-order valence-corrected chi connectivity index (χ4v) is 3.89. The summed E-state index contributed by atoms with van der Waals surface area (Å²) in [5, 5.41) is 3.15. The lowest BCUT2D eigenvalue weighted by Gasteiger charge is -2.22. The average molecular weight is 371 g/mol. The van der Waals surface area contributed by atoms with E-state index >= 15 is 0 Å². The molecule has 146 valence electrons. The van der Waals surface area contributed by atoms with E-state index in [1.54, 1.807) is 0 Å². The Morgan fingerprint density at radius 3 is 2.63 bits per heavy atom. The molecule has 0 bridgehead atoms. The second-order valence-corrected chi connectivity index (χ2v) is 7.69. The third-order valence-corrected chi connectivity index (χ3v) is 5.15. The molecule has 2 aliphatic carbocycles. The summed E-state index contributed by atoms with van der Waals surface area (Å²) in [7, 11) is 5.79. The van der Waals surface area contributed by atoms with Crippen LogP contribution in [0.3, 0.4) is 0 Å². The van der Waals surface area contributed by atoms with E-state index < -0.39 is 0 Å². The number of fused-ring (bicyclic) bond motifs is 1. The Morgan fingerprint density at radius 2 is 1.96 bits per heavy atom. The van der Waals surface area contributed by atoms with E-state index in [1.807, 2.05) is 37.1 Å². The molecule has 1 fully saturated rings. The first-order valence-corrected chi connectivity index (χ1v) is 9.73. The maximum atomic E-state index is 12.5. The summed E-state index contributed by atoms with van der Waals surface area (Å²) in [5.74, 6) is 1.46. The molecule has 7 heteroatoms. The van der Waals surface area contributed by atoms with Crippen molar-refractivity contribution in [2.75, 3.05) is 32.6 Å². The standard InChI is InChI=1S/C20H30N6O/c1-21-17(12-25(2)3)19-23-16-11-7-10-15(16)20(24-19)26(4)13-18(27)22-14-8-5-6-9-14/h12,14H,1,5-11,13H2,2-4H3,(H,22,27)/b17-12-. The number of hydrogen-bond donors (Lipinski definition) is 1. The highest BCUT2D eigenvalue weighted by atomic mass is 16.2. The molecule has 1 heterocycles. The lowest BCUT2D eigenvalue weighted by molar-refractivity contribution is -0.120. The van der Waals surface area contributed by atoms with E-state index in [9.17, 15) is 4.79 Å². The van der Waals surface area contributed by atoms with E-state index in [0.717, 1.165) is 49.2 Å². The molecule has 0 atom stereocenters. The van der Waals surface area contributed by atoms with E-state index in [2.05, 4.69) is 17.0 Å². The van der Waals surface area contributed by atoms with Crippen molar-refractivity contribution in [2.45, 2.75) is 51.0 Å². The predicted molar refractivity (Wildman–Crippen MR) is 109 cm³/mol. The van der Waals surface area contributed by atoms with Crippen molar-refractivity contribution in [1.82, 2.24) is 20.2 Å². The molecule has 2 aliphatic rings. The Labute approximate surface area is 161 Å². The fourth-order valence-electron chi connectivity index (χ4n) is 3.89. The number of aryl methyl sites for hydroxylation is 1. The quantitative estimate of drug-likeness (QED) is 0.744. The van der Waals surface area contributed by atoms with Crippen LogP contribution < -0.4 is 10.2 Å². The number of carbonyl (C=O) groups is 1. The number of nitrogens with zero attached hydrogens (tertiary/aromatic N) is 5. The van der Waals surface area contributed by atoms with Crippen molar-refractivity contribution in [3.63, 3.8) is 0 Å². The normalized spacial score (nSPS) is 16.9. The average Bonchev–Trinajstić information content (AvgIpc) is 3.29. The Balaban J connectivity index is 1.82. The van der Waals surface area contributed by atoms with E-state index in [4.69, 9.17) is 9.97 Å². The Morgan fingerprint density at radius 1 is 1.22 bits per heavy atom. The van der Waals surface area contributed by atoms with Crippen molar-refractivity contribution >= 4 is 24.1 Å². The van der Waals surface area contributed by atoms with Crippen molar-refractivity contribution in [2.24, 2.45) is 4.99 Å². The summed E-state index contributed by atoms with van der Waals surface area (Å²) in [6.07, 6.45) is 9.41. The summed E-state index contributed by atoms with van der Waals surface area (Å²) in [6.45, 7) is 3.96. The lowest BCUT2D eigenvalue weighted by atomic mass is 10.2. The van der Waals surface area contributed by atoms with Gasteiger partial charge in [0.15, 0.2) is 5.82 Å². The summed E-state index contributed by atoms with van der Waals surface area (Å²) in [6, 6.07) is 0.331. The van der Waals surface area contributed by atoms with Crippen LogP contribution >= 0.6 is 0 Å². The molecule has 1 saturated carbocycles. The minimum Gasteiger partial charge on any atom is -0.382 e. The number of aliphatic imine (C=N–C) groups is 1. The van der Waals surface area contributed by atoms with Gasteiger partial charge < -0.3 is 15.1 Å². The number of hydrogen-bond acceptors (Lipinski definition) is 6. The first-order valence-electron chi connectivity index (χ1n) is 9.73. The van der Waals surface area contributed by atoms with Gasteiger partial charge in [0, 0.05) is 44.6 Å². The van der Waals surface area contributed by atoms with E-state index in [-0.39, 0.29) is 5.91 Å². The number of anilines is 1. The van der Waals surface area contributed by atoms with Crippen LogP contribution in [0.25, 0.3) is 5.70 Å². The zero-order valence-corrected chi connectivity index (χ0v) is 16.7. The van der Waals surface area contributed by atoms with Crippen LogP contribution in [0.2, 0.25) is 0 Å². The zero-order valence-electron chi connectivity index (χ0n) is 16.7. The molecule has 1 aromatic heterocycles. The van der Waals surface area contributed by atoms with E-state index in [0.29, 0.717) is 24.1 Å². The molecule has 1 N–H and O–H groups in total. The molecular weight excluding hydrogens is 340 g/mol. The summed E-state index contributed by atoms with van der Waals surface area (Å²) in [4.78, 5) is 29.9. The molecule has 0 aliphatic heterocycles. The van der Waals surface area contributed by atoms with Crippen LogP contribution in [0.5, 0.6) is 0 Å². The second kappa shape index (κ2) is 8.50. The smallest absolute Gasteiger partial charge is 0.239 e. The third kappa shape index (κ3) is 4.64. The molecule has 27 heavy (non-hydrogen) atoms. The van der Waals surface area contributed by atoms with Crippen LogP contribution in [-0.2, 0) is 17.6 Å². The lowest BCUT2D eigenvalue weighted by Crippen LogP contribution is -2.40. The molecule has 0 spiro atoms. The number of nitrogens with one attached hydrogen (secondary N) is 1. The maximum Gasteiger partial charge on any atom is 0.239 e. The third-order valence-electron chi connectivity index (χ3n) is 5.15. The monoisotopic (exact) mass is 370 g/mol. The van der Waals surface area contributed by atoms with Gasteiger partial charge in [0.2, 0.25) is 5.91 Å². The minimum atomic E-state index is 0.0576. The van der Waals surface area contributed by atoms with Gasteiger partial charge in [-0.3, -0.25) is 9.79 Å². The largest absolute Gasteiger partial charge is 0.382 e. The van der Waals surface area contributed by atoms with Gasteiger partial charge in [0.05, 0.1) is 6.54 Å². The summed E-state index contributed by atoms with van der Waals surface area (Å²) < 4.78 is 0. The van der Waals surface area contributed by atoms with E-state index in [1.165, 1.54) is 12.8 Å². The molecule has 1 amide bonds. The fraction of sp³-hybridized carbons (Fsp3) is 0.600. The number of carbonyl (C=O) groups excluding carboxylic acids is 1. The first-order chi connectivity index (χ1) is 13.0. The van der Waals surface area contributed by atoms with Crippen LogP contribution in [-0.4, -0.2) is 61.2 Å². The van der Waals surface area contributed by atoms with Gasteiger partial charge in [-0.1, -0.05) is 12.8 Å². The number of amides is 1. The molecular formula is C20H30N6O. The zero-order chi connectivity index (χ0) is 19.4. The number of aromatic nitrogens is 2. The molecule has 3 rings (SSSR count). The van der Waals surface area contributed by atoms with Crippen molar-refractivity contribution in [1.29, 1.82) is 0 Å². The number of rotatable bonds is 7. The van der Waals surface area contributed by atoms with Gasteiger partial charge in [-0.05, 0) is 38.8 Å². The van der Waals surface area contributed by atoms with Gasteiger partial charge in [-0.2, -0.15) is 0 Å². The van der Waals surface area contributed by atoms with Crippen LogP contribution in [0, 0.1) is 0 Å². The number of likely N-dealkylation sites (N-methyl/N-ethyl adjacent to an activating group) is 1.